The van der Waals surface area contributed by atoms with Crippen molar-refractivity contribution in [3.8, 4) is 0 Å². The average molecular weight is 472 g/mol. The average Bonchev–Trinajstić information content (AvgIpc) is 2.75. The second kappa shape index (κ2) is 11.1. The van der Waals surface area contributed by atoms with Crippen molar-refractivity contribution < 1.29 is 0 Å². The summed E-state index contributed by atoms with van der Waals surface area (Å²) in [5, 5.41) is 7.15. The van der Waals surface area contributed by atoms with Crippen LogP contribution in [0.25, 0.3) is 0 Å². The van der Waals surface area contributed by atoms with Crippen LogP contribution < -0.4 is 16.4 Å². The number of hydrogen-bond donors (Lipinski definition) is 3. The van der Waals surface area contributed by atoms with Crippen molar-refractivity contribution >= 4 is 52.3 Å². The molecule has 0 saturated heterocycles. The van der Waals surface area contributed by atoms with Gasteiger partial charge in [-0.1, -0.05) is 49.2 Å². The zero-order valence-electron chi connectivity index (χ0n) is 18.4. The lowest BCUT2D eigenvalue weighted by Gasteiger charge is -2.18. The fourth-order valence-corrected chi connectivity index (χ4v) is 3.37. The van der Waals surface area contributed by atoms with Crippen molar-refractivity contribution in [2.45, 2.75) is 27.3 Å². The Bertz CT molecular complexity index is 1080. The van der Waals surface area contributed by atoms with Crippen LogP contribution in [-0.4, -0.2) is 33.9 Å². The summed E-state index contributed by atoms with van der Waals surface area (Å²) in [6, 6.07) is 15.3. The fraction of sp³-hybridized carbons (Fsp3) is 0.261. The van der Waals surface area contributed by atoms with Gasteiger partial charge in [-0.25, -0.2) is 4.98 Å². The molecule has 2 aromatic carbocycles. The first kappa shape index (κ1) is 23.8. The van der Waals surface area contributed by atoms with Crippen LogP contribution in [0.15, 0.2) is 53.5 Å². The highest BCUT2D eigenvalue weighted by Crippen LogP contribution is 2.25. The molecule has 0 amide bonds. The second-order valence-corrected chi connectivity index (χ2v) is 8.04. The van der Waals surface area contributed by atoms with Gasteiger partial charge < -0.3 is 16.4 Å². The molecule has 9 heteroatoms. The molecule has 3 aromatic rings. The van der Waals surface area contributed by atoms with Crippen LogP contribution in [0.3, 0.4) is 0 Å². The fourth-order valence-electron chi connectivity index (χ4n) is 3.07. The van der Waals surface area contributed by atoms with Crippen LogP contribution >= 0.6 is 23.2 Å². The first-order valence-corrected chi connectivity index (χ1v) is 11.1. The van der Waals surface area contributed by atoms with E-state index in [-0.39, 0.29) is 11.9 Å². The number of halogens is 2. The van der Waals surface area contributed by atoms with Crippen molar-refractivity contribution in [3.05, 3.63) is 69.8 Å². The lowest BCUT2D eigenvalue weighted by molar-refractivity contribution is 0.296. The maximum absolute atomic E-state index is 6.04. The zero-order chi connectivity index (χ0) is 23.1. The van der Waals surface area contributed by atoms with Gasteiger partial charge >= 0.3 is 0 Å². The normalized spacial score (nSPS) is 11.6. The van der Waals surface area contributed by atoms with Crippen LogP contribution in [-0.2, 0) is 6.54 Å². The number of rotatable bonds is 8. The van der Waals surface area contributed by atoms with E-state index in [1.165, 1.54) is 5.56 Å². The van der Waals surface area contributed by atoms with Crippen LogP contribution in [0.5, 0.6) is 0 Å². The molecule has 3 rings (SSSR count). The van der Waals surface area contributed by atoms with E-state index < -0.39 is 0 Å². The van der Waals surface area contributed by atoms with E-state index in [1.807, 2.05) is 25.1 Å². The zero-order valence-corrected chi connectivity index (χ0v) is 19.9. The number of anilines is 3. The van der Waals surface area contributed by atoms with E-state index in [4.69, 9.17) is 28.9 Å². The molecule has 0 atom stereocenters. The molecule has 0 unspecified atom stereocenters. The highest BCUT2D eigenvalue weighted by atomic mass is 35.5. The Kier molecular flexibility index (Phi) is 8.27. The number of aryl methyl sites for hydroxylation is 1. The number of aromatic nitrogens is 2. The molecule has 0 radical (unpaired) electrons. The summed E-state index contributed by atoms with van der Waals surface area (Å²) >= 11 is 12.0. The number of nitrogens with zero attached hydrogens (tertiary/aromatic N) is 4. The van der Waals surface area contributed by atoms with Crippen molar-refractivity contribution in [3.63, 3.8) is 0 Å². The van der Waals surface area contributed by atoms with Gasteiger partial charge in [-0.2, -0.15) is 9.98 Å². The molecular weight excluding hydrogens is 445 g/mol. The van der Waals surface area contributed by atoms with E-state index in [2.05, 4.69) is 56.5 Å². The largest absolute Gasteiger partial charge is 0.369 e. The van der Waals surface area contributed by atoms with Crippen molar-refractivity contribution in [1.82, 2.24) is 14.9 Å². The molecule has 4 N–H and O–H groups in total. The van der Waals surface area contributed by atoms with Gasteiger partial charge in [-0.05, 0) is 55.9 Å². The number of aliphatic imine (C=N–C) groups is 1. The number of hydrogen-bond acceptors (Lipinski definition) is 5. The van der Waals surface area contributed by atoms with Gasteiger partial charge in [0, 0.05) is 29.7 Å². The summed E-state index contributed by atoms with van der Waals surface area (Å²) in [6.07, 6.45) is 0. The molecule has 32 heavy (non-hydrogen) atoms. The molecule has 7 nitrogen and oxygen atoms in total. The maximum Gasteiger partial charge on any atom is 0.254 e. The van der Waals surface area contributed by atoms with Crippen molar-refractivity contribution in [2.24, 2.45) is 10.7 Å². The monoisotopic (exact) mass is 471 g/mol. The van der Waals surface area contributed by atoms with Crippen LogP contribution in [0.1, 0.15) is 25.1 Å². The second-order valence-electron chi connectivity index (χ2n) is 7.23. The molecular formula is C23H27Cl2N7. The first-order valence-electron chi connectivity index (χ1n) is 10.4. The van der Waals surface area contributed by atoms with Gasteiger partial charge in [-0.3, -0.25) is 4.90 Å². The Labute approximate surface area is 198 Å². The summed E-state index contributed by atoms with van der Waals surface area (Å²) in [5.74, 6) is 1.02. The van der Waals surface area contributed by atoms with Gasteiger partial charge in [0.1, 0.15) is 5.82 Å². The summed E-state index contributed by atoms with van der Waals surface area (Å²) < 4.78 is 0. The predicted octanol–water partition coefficient (Wildman–Crippen LogP) is 5.74. The quantitative estimate of drug-likeness (QED) is 0.286. The Hall–Kier alpha value is -2.87. The third-order valence-electron chi connectivity index (χ3n) is 4.78. The molecule has 0 aliphatic carbocycles. The van der Waals surface area contributed by atoms with Crippen LogP contribution in [0.4, 0.5) is 23.1 Å². The van der Waals surface area contributed by atoms with E-state index in [9.17, 15) is 0 Å². The Balaban J connectivity index is 1.71. The maximum atomic E-state index is 6.04. The molecule has 0 aliphatic rings. The van der Waals surface area contributed by atoms with Gasteiger partial charge in [0.2, 0.25) is 5.96 Å². The summed E-state index contributed by atoms with van der Waals surface area (Å²) in [5.41, 5.74) is 9.65. The first-order chi connectivity index (χ1) is 15.4. The highest BCUT2D eigenvalue weighted by Gasteiger charge is 2.06. The molecule has 1 heterocycles. The topological polar surface area (TPSA) is 91.5 Å². The third-order valence-corrected chi connectivity index (χ3v) is 5.52. The van der Waals surface area contributed by atoms with E-state index >= 15 is 0 Å². The number of nitrogens with one attached hydrogen (secondary N) is 2. The SMILES string of the molecule is CCN(CC)Cc1ccc(Nc2cc(C)nc(N=C(N)Nc3ccc(Cl)c(Cl)c3)n2)cc1. The molecule has 0 saturated carbocycles. The minimum absolute atomic E-state index is 0.140. The van der Waals surface area contributed by atoms with Gasteiger partial charge in [0.05, 0.1) is 10.0 Å². The van der Waals surface area contributed by atoms with E-state index in [0.29, 0.717) is 21.6 Å². The number of nitrogens with two attached hydrogens (primary N) is 1. The highest BCUT2D eigenvalue weighted by molar-refractivity contribution is 6.42. The predicted molar refractivity (Wildman–Crippen MR) is 134 cm³/mol. The van der Waals surface area contributed by atoms with Crippen LogP contribution in [0.2, 0.25) is 10.0 Å². The Morgan fingerprint density at radius 3 is 2.31 bits per heavy atom. The van der Waals surface area contributed by atoms with Gasteiger partial charge in [0.15, 0.2) is 0 Å². The summed E-state index contributed by atoms with van der Waals surface area (Å²) in [6.45, 7) is 9.21. The molecule has 0 aliphatic heterocycles. The molecule has 0 fully saturated rings. The molecule has 1 aromatic heterocycles. The lowest BCUT2D eigenvalue weighted by Crippen LogP contribution is -2.22. The minimum atomic E-state index is 0.140. The van der Waals surface area contributed by atoms with Gasteiger partial charge in [0.25, 0.3) is 5.95 Å². The smallest absolute Gasteiger partial charge is 0.254 e. The molecule has 168 valence electrons. The summed E-state index contributed by atoms with van der Waals surface area (Å²) in [4.78, 5) is 15.4. The number of benzene rings is 2. The van der Waals surface area contributed by atoms with E-state index in [1.54, 1.807) is 18.2 Å². The standard InChI is InChI=1S/C23H27Cl2N7/c1-4-32(5-2)14-16-6-8-17(9-7-16)28-21-12-15(3)27-23(30-21)31-22(26)29-18-10-11-19(24)20(25)13-18/h6-13H,4-5,14H2,1-3H3,(H4,26,27,28,29,30,31). The van der Waals surface area contributed by atoms with Crippen LogP contribution in [0, 0.1) is 6.92 Å². The Morgan fingerprint density at radius 2 is 1.66 bits per heavy atom. The van der Waals surface area contributed by atoms with E-state index in [0.717, 1.165) is 31.0 Å². The third kappa shape index (κ3) is 6.82. The van der Waals surface area contributed by atoms with Crippen molar-refractivity contribution in [1.29, 1.82) is 0 Å². The number of guanidine groups is 1. The minimum Gasteiger partial charge on any atom is -0.369 e. The van der Waals surface area contributed by atoms with Gasteiger partial charge in [-0.15, -0.1) is 0 Å². The molecule has 0 spiro atoms. The molecule has 0 bridgehead atoms. The van der Waals surface area contributed by atoms with Crippen molar-refractivity contribution in [2.75, 3.05) is 23.7 Å². The lowest BCUT2D eigenvalue weighted by atomic mass is 10.2. The summed E-state index contributed by atoms with van der Waals surface area (Å²) in [7, 11) is 0. The Morgan fingerprint density at radius 1 is 0.969 bits per heavy atom.